The summed E-state index contributed by atoms with van der Waals surface area (Å²) in [5.74, 6) is 0.181. The zero-order chi connectivity index (χ0) is 19.7. The molecule has 3 N–H and O–H groups in total. The average molecular weight is 390 g/mol. The molecule has 2 aromatic carbocycles. The fraction of sp³-hybridized carbons (Fsp3) is 0.0952. The number of nitrogens with one attached hydrogen (secondary N) is 2. The quantitative estimate of drug-likeness (QED) is 0.568. The summed E-state index contributed by atoms with van der Waals surface area (Å²) in [6, 6.07) is 13.9. The van der Waals surface area contributed by atoms with Crippen molar-refractivity contribution in [3.05, 3.63) is 70.2 Å². The van der Waals surface area contributed by atoms with E-state index in [0.29, 0.717) is 0 Å². The molecule has 1 aromatic heterocycles. The molecule has 0 fully saturated rings. The van der Waals surface area contributed by atoms with Crippen LogP contribution >= 0.6 is 11.3 Å². The number of urea groups is 1. The highest BCUT2D eigenvalue weighted by molar-refractivity contribution is 7.11. The molecule has 2 heterocycles. The summed E-state index contributed by atoms with van der Waals surface area (Å²) in [7, 11) is 0. The molecule has 0 saturated carbocycles. The van der Waals surface area contributed by atoms with Gasteiger partial charge in [0.05, 0.1) is 17.4 Å². The molecule has 4 rings (SSSR count). The van der Waals surface area contributed by atoms with Crippen molar-refractivity contribution < 1.29 is 9.90 Å². The Morgan fingerprint density at radius 3 is 2.54 bits per heavy atom. The van der Waals surface area contributed by atoms with Crippen LogP contribution in [0.1, 0.15) is 23.5 Å². The van der Waals surface area contributed by atoms with E-state index in [1.807, 2.05) is 36.6 Å². The first-order valence-electron chi connectivity index (χ1n) is 8.65. The second kappa shape index (κ2) is 7.28. The number of allylic oxidation sites excluding steroid dienone is 1. The molecule has 0 radical (unpaired) electrons. The van der Waals surface area contributed by atoms with Gasteiger partial charge >= 0.3 is 6.03 Å². The number of thiazole rings is 1. The third kappa shape index (κ3) is 3.39. The Balaban J connectivity index is 1.73. The van der Waals surface area contributed by atoms with E-state index in [2.05, 4.69) is 22.3 Å². The fourth-order valence-electron chi connectivity index (χ4n) is 3.16. The number of carbonyl (C=O) groups excluding carboxylic acids is 1. The molecule has 140 valence electrons. The number of rotatable bonds is 4. The molecular weight excluding hydrogens is 372 g/mol. The first-order chi connectivity index (χ1) is 13.5. The van der Waals surface area contributed by atoms with Gasteiger partial charge in [0, 0.05) is 22.2 Å². The molecule has 28 heavy (non-hydrogen) atoms. The number of nitrogens with zero attached hydrogens (tertiary/aromatic N) is 2. The highest BCUT2D eigenvalue weighted by Crippen LogP contribution is 2.37. The lowest BCUT2D eigenvalue weighted by atomic mass is 9.96. The topological polar surface area (TPSA) is 86.6 Å². The lowest BCUT2D eigenvalue weighted by Gasteiger charge is -2.28. The van der Waals surface area contributed by atoms with Crippen LogP contribution in [0.4, 0.5) is 10.5 Å². The number of hydrogen-bond acceptors (Lipinski definition) is 5. The molecule has 7 heteroatoms. The number of aromatic nitrogens is 1. The first-order valence-corrected chi connectivity index (χ1v) is 9.53. The fourth-order valence-corrected chi connectivity index (χ4v) is 4.12. The third-order valence-electron chi connectivity index (χ3n) is 4.58. The minimum Gasteiger partial charge on any atom is -0.508 e. The van der Waals surface area contributed by atoms with Gasteiger partial charge in [-0.05, 0) is 43.5 Å². The predicted molar refractivity (Wildman–Crippen MR) is 112 cm³/mol. The van der Waals surface area contributed by atoms with Crippen molar-refractivity contribution in [2.45, 2.75) is 13.0 Å². The van der Waals surface area contributed by atoms with E-state index in [1.54, 1.807) is 24.3 Å². The van der Waals surface area contributed by atoms with Gasteiger partial charge in [0.1, 0.15) is 10.8 Å². The second-order valence-electron chi connectivity index (χ2n) is 6.40. The van der Waals surface area contributed by atoms with Gasteiger partial charge in [-0.15, -0.1) is 11.3 Å². The van der Waals surface area contributed by atoms with Gasteiger partial charge in [0.2, 0.25) is 0 Å². The van der Waals surface area contributed by atoms with E-state index >= 15 is 0 Å². The number of amides is 2. The number of aromatic hydroxyl groups is 1. The number of hydrogen-bond donors (Lipinski definition) is 3. The van der Waals surface area contributed by atoms with Crippen LogP contribution in [0.15, 0.2) is 64.6 Å². The SMILES string of the molecule is C=Nc1ccc(-c2csc(C3=C(C)NC(=O)NC3c3ccc(O)cc3)n2)cc1. The van der Waals surface area contributed by atoms with E-state index in [9.17, 15) is 9.90 Å². The van der Waals surface area contributed by atoms with Crippen molar-refractivity contribution in [3.63, 3.8) is 0 Å². The Kier molecular flexibility index (Phi) is 4.67. The zero-order valence-electron chi connectivity index (χ0n) is 15.1. The molecule has 0 saturated heterocycles. The van der Waals surface area contributed by atoms with Crippen molar-refractivity contribution in [3.8, 4) is 17.0 Å². The van der Waals surface area contributed by atoms with E-state index in [1.165, 1.54) is 11.3 Å². The molecule has 6 nitrogen and oxygen atoms in total. The standard InChI is InChI=1S/C21H18N4O2S/c1-12-18(19(25-21(27)23-12)14-5-9-16(26)10-6-14)20-24-17(11-28-20)13-3-7-15(22-2)8-4-13/h3-11,19,26H,2H2,1H3,(H2,23,25,27). The molecule has 1 aliphatic heterocycles. The smallest absolute Gasteiger partial charge is 0.319 e. The monoisotopic (exact) mass is 390 g/mol. The minimum atomic E-state index is -0.347. The van der Waals surface area contributed by atoms with Crippen LogP contribution in [0.5, 0.6) is 5.75 Å². The molecule has 3 aromatic rings. The molecule has 2 amide bonds. The van der Waals surface area contributed by atoms with Crippen molar-refractivity contribution in [2.75, 3.05) is 0 Å². The number of phenolic OH excluding ortho intramolecular Hbond substituents is 1. The summed E-state index contributed by atoms with van der Waals surface area (Å²) in [6.45, 7) is 5.40. The lowest BCUT2D eigenvalue weighted by Crippen LogP contribution is -2.42. The van der Waals surface area contributed by atoms with Crippen molar-refractivity contribution in [2.24, 2.45) is 4.99 Å². The van der Waals surface area contributed by atoms with Crippen molar-refractivity contribution >= 4 is 35.3 Å². The third-order valence-corrected chi connectivity index (χ3v) is 5.45. The largest absolute Gasteiger partial charge is 0.508 e. The number of benzene rings is 2. The van der Waals surface area contributed by atoms with Crippen LogP contribution in [-0.2, 0) is 0 Å². The Bertz CT molecular complexity index is 1070. The van der Waals surface area contributed by atoms with Gasteiger partial charge in [-0.1, -0.05) is 24.3 Å². The molecular formula is C21H18N4O2S. The number of carbonyl (C=O) groups is 1. The highest BCUT2D eigenvalue weighted by Gasteiger charge is 2.29. The second-order valence-corrected chi connectivity index (χ2v) is 7.26. The van der Waals surface area contributed by atoms with E-state index in [-0.39, 0.29) is 17.8 Å². The van der Waals surface area contributed by atoms with Crippen LogP contribution in [0.25, 0.3) is 16.8 Å². The summed E-state index contributed by atoms with van der Waals surface area (Å²) in [4.78, 5) is 20.8. The zero-order valence-corrected chi connectivity index (χ0v) is 16.0. The highest BCUT2D eigenvalue weighted by atomic mass is 32.1. The van der Waals surface area contributed by atoms with Gasteiger partial charge in [0.15, 0.2) is 0 Å². The minimum absolute atomic E-state index is 0.181. The van der Waals surface area contributed by atoms with Crippen molar-refractivity contribution in [1.29, 1.82) is 0 Å². The Hall–Kier alpha value is -3.45. The molecule has 1 aliphatic rings. The van der Waals surface area contributed by atoms with E-state index in [4.69, 9.17) is 4.98 Å². The van der Waals surface area contributed by atoms with Gasteiger partial charge in [-0.25, -0.2) is 9.78 Å². The van der Waals surface area contributed by atoms with E-state index in [0.717, 1.165) is 38.8 Å². The maximum Gasteiger partial charge on any atom is 0.319 e. The number of phenols is 1. The van der Waals surface area contributed by atoms with Crippen molar-refractivity contribution in [1.82, 2.24) is 15.6 Å². The predicted octanol–water partition coefficient (Wildman–Crippen LogP) is 4.63. The molecule has 1 atom stereocenters. The van der Waals surface area contributed by atoms with Gasteiger partial charge in [-0.2, -0.15) is 0 Å². The summed E-state index contributed by atoms with van der Waals surface area (Å²) in [5.41, 5.74) is 5.20. The molecule has 0 spiro atoms. The van der Waals surface area contributed by atoms with Crippen LogP contribution in [0, 0.1) is 0 Å². The van der Waals surface area contributed by atoms with Gasteiger partial charge < -0.3 is 15.7 Å². The van der Waals surface area contributed by atoms with Crippen LogP contribution in [0.2, 0.25) is 0 Å². The average Bonchev–Trinajstić information content (AvgIpc) is 3.17. The Morgan fingerprint density at radius 2 is 1.86 bits per heavy atom. The molecule has 1 unspecified atom stereocenters. The molecule has 0 bridgehead atoms. The summed E-state index contributed by atoms with van der Waals surface area (Å²) in [6.07, 6.45) is 0. The molecule has 0 aliphatic carbocycles. The normalized spacial score (nSPS) is 16.5. The van der Waals surface area contributed by atoms with Crippen LogP contribution < -0.4 is 10.6 Å². The first kappa shape index (κ1) is 17.9. The van der Waals surface area contributed by atoms with Crippen LogP contribution in [0.3, 0.4) is 0 Å². The number of aliphatic imine (C=N–C) groups is 1. The van der Waals surface area contributed by atoms with Gasteiger partial charge in [-0.3, -0.25) is 4.99 Å². The van der Waals surface area contributed by atoms with Gasteiger partial charge in [0.25, 0.3) is 0 Å². The van der Waals surface area contributed by atoms with E-state index < -0.39 is 0 Å². The summed E-state index contributed by atoms with van der Waals surface area (Å²) >= 11 is 1.52. The summed E-state index contributed by atoms with van der Waals surface area (Å²) in [5, 5.41) is 18.2. The summed E-state index contributed by atoms with van der Waals surface area (Å²) < 4.78 is 0. The van der Waals surface area contributed by atoms with Crippen LogP contribution in [-0.4, -0.2) is 22.8 Å². The maximum atomic E-state index is 12.1. The Morgan fingerprint density at radius 1 is 1.14 bits per heavy atom. The lowest BCUT2D eigenvalue weighted by molar-refractivity contribution is 0.240. The maximum absolute atomic E-state index is 12.1. The Labute approximate surface area is 166 Å².